The van der Waals surface area contributed by atoms with Crippen molar-refractivity contribution in [2.75, 3.05) is 19.6 Å². The molecule has 3 rings (SSSR count). The van der Waals surface area contributed by atoms with Gasteiger partial charge in [-0.25, -0.2) is 0 Å². The Hall–Kier alpha value is -1.55. The molecule has 1 saturated heterocycles. The number of carbonyl (C=O) groups is 1. The Bertz CT molecular complexity index is 670. The summed E-state index contributed by atoms with van der Waals surface area (Å²) in [6.07, 6.45) is 10.9. The molecular weight excluding hydrogens is 334 g/mol. The van der Waals surface area contributed by atoms with Crippen LogP contribution >= 0.6 is 0 Å². The number of piperidine rings is 1. The molecule has 0 aromatic carbocycles. The number of hydrogen-bond donors (Lipinski definition) is 1. The molecule has 2 fully saturated rings. The number of hydrogen-bond acceptors (Lipinski definition) is 2. The fourth-order valence-electron chi connectivity index (χ4n) is 4.74. The Morgan fingerprint density at radius 3 is 2.41 bits per heavy atom. The van der Waals surface area contributed by atoms with Crippen LogP contribution in [0, 0.1) is 13.8 Å². The number of allylic oxidation sites excluding steroid dienone is 1. The number of nitrogens with one attached hydrogen (secondary N) is 1. The third-order valence-corrected chi connectivity index (χ3v) is 6.35. The average Bonchev–Trinajstić information content (AvgIpc) is 2.96. The van der Waals surface area contributed by atoms with Gasteiger partial charge < -0.3 is 9.88 Å². The number of amides is 1. The summed E-state index contributed by atoms with van der Waals surface area (Å²) >= 11 is 0. The third kappa shape index (κ3) is 5.04. The number of likely N-dealkylation sites (tertiary alicyclic amines) is 1. The molecule has 1 aliphatic heterocycles. The van der Waals surface area contributed by atoms with Crippen LogP contribution in [0.3, 0.4) is 0 Å². The number of rotatable bonds is 5. The summed E-state index contributed by atoms with van der Waals surface area (Å²) in [6, 6.07) is 2.99. The first-order chi connectivity index (χ1) is 13.0. The Balaban J connectivity index is 1.58. The summed E-state index contributed by atoms with van der Waals surface area (Å²) in [4.78, 5) is 15.4. The van der Waals surface area contributed by atoms with Gasteiger partial charge in [0, 0.05) is 43.1 Å². The lowest BCUT2D eigenvalue weighted by molar-refractivity contribution is 0.0913. The number of aryl methyl sites for hydroxylation is 1. The molecule has 1 amide bonds. The van der Waals surface area contributed by atoms with Gasteiger partial charge in [-0.3, -0.25) is 9.69 Å². The normalized spacial score (nSPS) is 19.9. The monoisotopic (exact) mass is 371 g/mol. The first kappa shape index (κ1) is 20.2. The molecule has 0 radical (unpaired) electrons. The van der Waals surface area contributed by atoms with Crippen LogP contribution in [0.2, 0.25) is 0 Å². The molecule has 0 unspecified atom stereocenters. The first-order valence-corrected chi connectivity index (χ1v) is 10.8. The highest BCUT2D eigenvalue weighted by molar-refractivity contribution is 5.95. The van der Waals surface area contributed by atoms with Crippen molar-refractivity contribution in [3.8, 4) is 0 Å². The quantitative estimate of drug-likeness (QED) is 0.757. The van der Waals surface area contributed by atoms with E-state index < -0.39 is 0 Å². The van der Waals surface area contributed by atoms with E-state index in [1.54, 1.807) is 0 Å². The fourth-order valence-corrected chi connectivity index (χ4v) is 4.74. The Morgan fingerprint density at radius 1 is 1.11 bits per heavy atom. The van der Waals surface area contributed by atoms with Crippen molar-refractivity contribution in [2.24, 2.45) is 0 Å². The molecule has 2 heterocycles. The van der Waals surface area contributed by atoms with E-state index in [4.69, 9.17) is 0 Å². The van der Waals surface area contributed by atoms with Gasteiger partial charge in [-0.1, -0.05) is 30.9 Å². The van der Waals surface area contributed by atoms with Crippen LogP contribution < -0.4 is 5.32 Å². The molecule has 1 aliphatic carbocycles. The van der Waals surface area contributed by atoms with Crippen LogP contribution in [0.1, 0.15) is 86.6 Å². The molecule has 1 aromatic heterocycles. The van der Waals surface area contributed by atoms with E-state index in [1.807, 2.05) is 0 Å². The third-order valence-electron chi connectivity index (χ3n) is 6.35. The van der Waals surface area contributed by atoms with E-state index in [0.717, 1.165) is 43.7 Å². The second kappa shape index (κ2) is 9.09. The lowest BCUT2D eigenvalue weighted by Crippen LogP contribution is -2.44. The summed E-state index contributed by atoms with van der Waals surface area (Å²) in [6.45, 7) is 11.7. The predicted molar refractivity (Wildman–Crippen MR) is 112 cm³/mol. The zero-order valence-electron chi connectivity index (χ0n) is 17.7. The van der Waals surface area contributed by atoms with Crippen LogP contribution in [0.25, 0.3) is 0 Å². The summed E-state index contributed by atoms with van der Waals surface area (Å²) in [7, 11) is 0. The second-order valence-electron chi connectivity index (χ2n) is 8.78. The van der Waals surface area contributed by atoms with Crippen LogP contribution in [0.4, 0.5) is 0 Å². The fraction of sp³-hybridized carbons (Fsp3) is 0.696. The van der Waals surface area contributed by atoms with Gasteiger partial charge in [0.05, 0.1) is 5.56 Å². The van der Waals surface area contributed by atoms with E-state index in [0.29, 0.717) is 12.1 Å². The smallest absolute Gasteiger partial charge is 0.253 e. The van der Waals surface area contributed by atoms with Gasteiger partial charge in [0.1, 0.15) is 0 Å². The molecule has 4 nitrogen and oxygen atoms in total. The molecule has 4 heteroatoms. The van der Waals surface area contributed by atoms with Crippen LogP contribution in [0.15, 0.2) is 17.7 Å². The number of nitrogens with zero attached hydrogens (tertiary/aromatic N) is 2. The second-order valence-corrected chi connectivity index (χ2v) is 8.78. The molecule has 150 valence electrons. The summed E-state index contributed by atoms with van der Waals surface area (Å²) < 4.78 is 2.43. The van der Waals surface area contributed by atoms with Gasteiger partial charge in [-0.15, -0.1) is 0 Å². The lowest BCUT2D eigenvalue weighted by atomic mass is 9.95. The molecule has 0 atom stereocenters. The molecule has 2 aliphatic rings. The average molecular weight is 372 g/mol. The van der Waals surface area contributed by atoms with Gasteiger partial charge in [0.15, 0.2) is 0 Å². The summed E-state index contributed by atoms with van der Waals surface area (Å²) in [5, 5.41) is 3.31. The zero-order valence-corrected chi connectivity index (χ0v) is 17.7. The highest BCUT2D eigenvalue weighted by atomic mass is 16.1. The van der Waals surface area contributed by atoms with Crippen LogP contribution in [0.5, 0.6) is 0 Å². The maximum Gasteiger partial charge on any atom is 0.253 e. The van der Waals surface area contributed by atoms with Crippen molar-refractivity contribution in [2.45, 2.75) is 84.7 Å². The SMILES string of the molecule is CC(C)=CCN1CCC(NC(=O)c2cc(C)n(C3CCCCC3)c2C)CC1. The Labute approximate surface area is 165 Å². The van der Waals surface area contributed by atoms with E-state index in [2.05, 4.69) is 54.6 Å². The molecule has 0 spiro atoms. The summed E-state index contributed by atoms with van der Waals surface area (Å²) in [5.41, 5.74) is 4.64. The minimum atomic E-state index is 0.118. The topological polar surface area (TPSA) is 37.3 Å². The number of aromatic nitrogens is 1. The molecular formula is C23H37N3O. The zero-order chi connectivity index (χ0) is 19.4. The highest BCUT2D eigenvalue weighted by Gasteiger charge is 2.25. The molecule has 1 saturated carbocycles. The van der Waals surface area contributed by atoms with E-state index in [9.17, 15) is 4.79 Å². The van der Waals surface area contributed by atoms with E-state index in [1.165, 1.54) is 43.4 Å². The maximum atomic E-state index is 12.9. The van der Waals surface area contributed by atoms with Crippen LogP contribution in [-0.2, 0) is 0 Å². The van der Waals surface area contributed by atoms with E-state index >= 15 is 0 Å². The minimum Gasteiger partial charge on any atom is -0.349 e. The largest absolute Gasteiger partial charge is 0.349 e. The van der Waals surface area contributed by atoms with Gasteiger partial charge in [0.2, 0.25) is 0 Å². The van der Waals surface area contributed by atoms with Gasteiger partial charge in [-0.2, -0.15) is 0 Å². The van der Waals surface area contributed by atoms with Crippen molar-refractivity contribution >= 4 is 5.91 Å². The minimum absolute atomic E-state index is 0.118. The predicted octanol–water partition coefficient (Wildman–Crippen LogP) is 4.77. The van der Waals surface area contributed by atoms with Crippen molar-refractivity contribution in [3.63, 3.8) is 0 Å². The van der Waals surface area contributed by atoms with E-state index in [-0.39, 0.29) is 5.91 Å². The number of carbonyl (C=O) groups excluding carboxylic acids is 1. The molecule has 1 N–H and O–H groups in total. The molecule has 1 aromatic rings. The maximum absolute atomic E-state index is 12.9. The lowest BCUT2D eigenvalue weighted by Gasteiger charge is -2.31. The van der Waals surface area contributed by atoms with Crippen molar-refractivity contribution < 1.29 is 4.79 Å². The van der Waals surface area contributed by atoms with Gasteiger partial charge in [0.25, 0.3) is 5.91 Å². The van der Waals surface area contributed by atoms with Crippen molar-refractivity contribution in [1.82, 2.24) is 14.8 Å². The Kier molecular flexibility index (Phi) is 6.80. The molecule has 0 bridgehead atoms. The van der Waals surface area contributed by atoms with Crippen molar-refractivity contribution in [3.05, 3.63) is 34.7 Å². The standard InChI is InChI=1S/C23H37N3O/c1-17(2)10-13-25-14-11-20(12-15-25)24-23(27)22-16-18(3)26(19(22)4)21-8-6-5-7-9-21/h10,16,20-21H,5-9,11-15H2,1-4H3,(H,24,27). The first-order valence-electron chi connectivity index (χ1n) is 10.8. The molecule has 27 heavy (non-hydrogen) atoms. The summed E-state index contributed by atoms with van der Waals surface area (Å²) in [5.74, 6) is 0.118. The highest BCUT2D eigenvalue weighted by Crippen LogP contribution is 2.32. The van der Waals surface area contributed by atoms with Gasteiger partial charge in [-0.05, 0) is 59.4 Å². The van der Waals surface area contributed by atoms with Gasteiger partial charge >= 0.3 is 0 Å². The van der Waals surface area contributed by atoms with Crippen LogP contribution in [-0.4, -0.2) is 41.1 Å². The Morgan fingerprint density at radius 2 is 1.78 bits per heavy atom. The van der Waals surface area contributed by atoms with Crippen molar-refractivity contribution in [1.29, 1.82) is 0 Å².